The summed E-state index contributed by atoms with van der Waals surface area (Å²) < 4.78 is 4.93. The summed E-state index contributed by atoms with van der Waals surface area (Å²) in [4.78, 5) is 23.5. The largest absolute Gasteiger partial charge is 0.396 e. The molecule has 4 nitrogen and oxygen atoms in total. The normalized spacial score (nSPS) is 11.3. The maximum atomic E-state index is 11.7. The molecule has 0 rings (SSSR count). The molecule has 0 aliphatic carbocycles. The summed E-state index contributed by atoms with van der Waals surface area (Å²) in [5, 5.41) is 8.73. The van der Waals surface area contributed by atoms with Crippen molar-refractivity contribution in [1.29, 1.82) is 0 Å². The lowest BCUT2D eigenvalue weighted by molar-refractivity contribution is -0.159. The quantitative estimate of drug-likeness (QED) is 0.0764. The second-order valence-electron chi connectivity index (χ2n) is 8.78. The molecule has 0 bridgehead atoms. The number of esters is 2. The molecular formula is C27H50O4. The summed E-state index contributed by atoms with van der Waals surface area (Å²) in [7, 11) is 0. The van der Waals surface area contributed by atoms with Crippen molar-refractivity contribution in [2.75, 3.05) is 6.61 Å². The van der Waals surface area contributed by atoms with Crippen molar-refractivity contribution in [2.24, 2.45) is 0 Å². The van der Waals surface area contributed by atoms with Crippen molar-refractivity contribution >= 4 is 11.9 Å². The lowest BCUT2D eigenvalue weighted by Gasteiger charge is -2.04. The van der Waals surface area contributed by atoms with Crippen LogP contribution in [0, 0.1) is 0 Å². The number of allylic oxidation sites excluding steroid dienone is 2. The van der Waals surface area contributed by atoms with Gasteiger partial charge in [0, 0.05) is 19.4 Å². The number of rotatable bonds is 23. The van der Waals surface area contributed by atoms with Crippen LogP contribution in [0.3, 0.4) is 0 Å². The first-order valence-electron chi connectivity index (χ1n) is 13.2. The smallest absolute Gasteiger partial charge is 0.313 e. The first-order chi connectivity index (χ1) is 15.2. The molecule has 0 unspecified atom stereocenters. The van der Waals surface area contributed by atoms with Gasteiger partial charge in [-0.1, -0.05) is 103 Å². The van der Waals surface area contributed by atoms with Crippen LogP contribution in [0.5, 0.6) is 0 Å². The minimum absolute atomic E-state index is 0.311. The monoisotopic (exact) mass is 438 g/mol. The average molecular weight is 439 g/mol. The van der Waals surface area contributed by atoms with E-state index in [1.807, 2.05) is 0 Å². The van der Waals surface area contributed by atoms with E-state index in [4.69, 9.17) is 9.84 Å². The fourth-order valence-corrected chi connectivity index (χ4v) is 3.64. The van der Waals surface area contributed by atoms with E-state index in [0.717, 1.165) is 57.8 Å². The Morgan fingerprint density at radius 3 is 1.42 bits per heavy atom. The number of hydrogen-bond acceptors (Lipinski definition) is 4. The predicted octanol–water partition coefficient (Wildman–Crippen LogP) is 7.82. The molecule has 0 amide bonds. The maximum Gasteiger partial charge on any atom is 0.313 e. The number of ether oxygens (including phenoxy) is 1. The minimum Gasteiger partial charge on any atom is -0.396 e. The molecule has 0 atom stereocenters. The van der Waals surface area contributed by atoms with Gasteiger partial charge in [-0.3, -0.25) is 9.59 Å². The summed E-state index contributed by atoms with van der Waals surface area (Å²) >= 11 is 0. The van der Waals surface area contributed by atoms with E-state index in [9.17, 15) is 9.59 Å². The van der Waals surface area contributed by atoms with Crippen LogP contribution < -0.4 is 0 Å². The van der Waals surface area contributed by atoms with Crippen molar-refractivity contribution in [3.63, 3.8) is 0 Å². The van der Waals surface area contributed by atoms with Gasteiger partial charge in [0.2, 0.25) is 0 Å². The molecule has 4 heteroatoms. The molecule has 0 aromatic heterocycles. The first kappa shape index (κ1) is 29.8. The molecule has 182 valence electrons. The maximum absolute atomic E-state index is 11.7. The van der Waals surface area contributed by atoms with Crippen LogP contribution in [-0.2, 0) is 14.3 Å². The van der Waals surface area contributed by atoms with Gasteiger partial charge in [0.25, 0.3) is 0 Å². The number of carbonyl (C=O) groups is 2. The summed E-state index contributed by atoms with van der Waals surface area (Å²) in [6.45, 7) is 2.53. The fourth-order valence-electron chi connectivity index (χ4n) is 3.64. The van der Waals surface area contributed by atoms with E-state index in [1.165, 1.54) is 64.2 Å². The van der Waals surface area contributed by atoms with Gasteiger partial charge in [0.05, 0.1) is 0 Å². The molecule has 1 N–H and O–H groups in total. The highest BCUT2D eigenvalue weighted by Gasteiger charge is 2.09. The van der Waals surface area contributed by atoms with Gasteiger partial charge in [0.1, 0.15) is 0 Å². The number of aliphatic hydroxyl groups excluding tert-OH is 1. The van der Waals surface area contributed by atoms with Gasteiger partial charge in [-0.2, -0.15) is 0 Å². The number of aliphatic hydroxyl groups is 1. The van der Waals surface area contributed by atoms with Crippen molar-refractivity contribution < 1.29 is 19.4 Å². The van der Waals surface area contributed by atoms with Crippen LogP contribution >= 0.6 is 0 Å². The number of unbranched alkanes of at least 4 members (excludes halogenated alkanes) is 16. The van der Waals surface area contributed by atoms with Crippen LogP contribution in [0.4, 0.5) is 0 Å². The molecule has 0 radical (unpaired) electrons. The Morgan fingerprint density at radius 2 is 0.968 bits per heavy atom. The standard InChI is InChI=1S/C27H50O4/c1-2-3-4-5-6-7-8-11-14-17-20-23-26(29)31-27(30)24-21-18-15-12-9-10-13-16-19-22-25-28/h5-6,28H,2-4,7-25H2,1H3/b6-5-. The molecule has 0 fully saturated rings. The zero-order valence-electron chi connectivity index (χ0n) is 20.4. The molecule has 0 saturated carbocycles. The van der Waals surface area contributed by atoms with E-state index >= 15 is 0 Å². The van der Waals surface area contributed by atoms with Gasteiger partial charge in [0.15, 0.2) is 0 Å². The third kappa shape index (κ3) is 25.0. The lowest BCUT2D eigenvalue weighted by atomic mass is 10.1. The lowest BCUT2D eigenvalue weighted by Crippen LogP contribution is -2.11. The molecule has 0 aliphatic rings. The Morgan fingerprint density at radius 1 is 0.581 bits per heavy atom. The van der Waals surface area contributed by atoms with Crippen LogP contribution in [0.15, 0.2) is 12.2 Å². The molecule has 31 heavy (non-hydrogen) atoms. The molecular weight excluding hydrogens is 388 g/mol. The van der Waals surface area contributed by atoms with E-state index in [-0.39, 0.29) is 11.9 Å². The third-order valence-electron chi connectivity index (χ3n) is 5.66. The van der Waals surface area contributed by atoms with Gasteiger partial charge < -0.3 is 9.84 Å². The van der Waals surface area contributed by atoms with Gasteiger partial charge in [-0.25, -0.2) is 0 Å². The van der Waals surface area contributed by atoms with E-state index in [0.29, 0.717) is 19.4 Å². The Kier molecular flexibility index (Phi) is 24.2. The predicted molar refractivity (Wildman–Crippen MR) is 130 cm³/mol. The van der Waals surface area contributed by atoms with Crippen molar-refractivity contribution in [3.05, 3.63) is 12.2 Å². The Hall–Kier alpha value is -1.16. The Balaban J connectivity index is 3.35. The first-order valence-corrected chi connectivity index (χ1v) is 13.2. The van der Waals surface area contributed by atoms with Crippen LogP contribution in [-0.4, -0.2) is 23.7 Å². The molecule has 0 spiro atoms. The minimum atomic E-state index is -0.358. The molecule has 0 heterocycles. The molecule has 0 aromatic rings. The van der Waals surface area contributed by atoms with Gasteiger partial charge >= 0.3 is 11.9 Å². The van der Waals surface area contributed by atoms with E-state index < -0.39 is 0 Å². The zero-order valence-corrected chi connectivity index (χ0v) is 20.4. The third-order valence-corrected chi connectivity index (χ3v) is 5.66. The molecule has 0 aliphatic heterocycles. The Bertz CT molecular complexity index is 431. The second-order valence-corrected chi connectivity index (χ2v) is 8.78. The van der Waals surface area contributed by atoms with Crippen molar-refractivity contribution in [1.82, 2.24) is 0 Å². The van der Waals surface area contributed by atoms with Crippen LogP contribution in [0.25, 0.3) is 0 Å². The highest BCUT2D eigenvalue weighted by Crippen LogP contribution is 2.12. The molecule has 0 saturated heterocycles. The SMILES string of the molecule is CCCC/C=C\CCCCCCCC(=O)OC(=O)CCCCCCCCCCCCO. The average Bonchev–Trinajstić information content (AvgIpc) is 2.75. The summed E-state index contributed by atoms with van der Waals surface area (Å²) in [5.74, 6) is -0.714. The van der Waals surface area contributed by atoms with Crippen molar-refractivity contribution in [3.8, 4) is 0 Å². The highest BCUT2D eigenvalue weighted by molar-refractivity contribution is 5.85. The fraction of sp³-hybridized carbons (Fsp3) is 0.852. The zero-order chi connectivity index (χ0) is 22.8. The van der Waals surface area contributed by atoms with Crippen molar-refractivity contribution in [2.45, 2.75) is 142 Å². The van der Waals surface area contributed by atoms with E-state index in [1.54, 1.807) is 0 Å². The van der Waals surface area contributed by atoms with Gasteiger partial charge in [-0.15, -0.1) is 0 Å². The number of carbonyl (C=O) groups excluding carboxylic acids is 2. The Labute approximate surface area is 192 Å². The van der Waals surface area contributed by atoms with Gasteiger partial charge in [-0.05, 0) is 38.5 Å². The highest BCUT2D eigenvalue weighted by atomic mass is 16.6. The topological polar surface area (TPSA) is 63.6 Å². The van der Waals surface area contributed by atoms with Crippen LogP contribution in [0.1, 0.15) is 142 Å². The summed E-state index contributed by atoms with van der Waals surface area (Å²) in [6.07, 6.45) is 26.9. The molecule has 0 aromatic carbocycles. The van der Waals surface area contributed by atoms with Crippen LogP contribution in [0.2, 0.25) is 0 Å². The summed E-state index contributed by atoms with van der Waals surface area (Å²) in [5.41, 5.74) is 0. The number of hydrogen-bond donors (Lipinski definition) is 1. The second kappa shape index (κ2) is 25.1. The van der Waals surface area contributed by atoms with E-state index in [2.05, 4.69) is 19.1 Å². The summed E-state index contributed by atoms with van der Waals surface area (Å²) in [6, 6.07) is 0.